The van der Waals surface area contributed by atoms with Crippen LogP contribution in [-0.2, 0) is 5.41 Å². The van der Waals surface area contributed by atoms with Gasteiger partial charge >= 0.3 is 0 Å². The first kappa shape index (κ1) is 13.1. The molecule has 1 heteroatoms. The Balaban J connectivity index is 1.79. The van der Waals surface area contributed by atoms with Crippen molar-refractivity contribution in [2.24, 2.45) is 11.8 Å². The monoisotopic (exact) mass is 312 g/mol. The van der Waals surface area contributed by atoms with Crippen LogP contribution in [0.4, 0.5) is 0 Å². The fraction of sp³-hybridized carbons (Fsp3) is 0.304. The van der Waals surface area contributed by atoms with E-state index in [4.69, 9.17) is 0 Å². The van der Waals surface area contributed by atoms with E-state index in [0.717, 1.165) is 17.2 Å². The number of hydrogen-bond donors (Lipinski definition) is 1. The number of phenols is 1. The maximum absolute atomic E-state index is 10.7. The quantitative estimate of drug-likeness (QED) is 0.570. The zero-order chi connectivity index (χ0) is 15.9. The van der Waals surface area contributed by atoms with E-state index in [0.29, 0.717) is 5.75 Å². The molecule has 1 N–H and O–H groups in total. The van der Waals surface area contributed by atoms with Crippen LogP contribution in [0.2, 0.25) is 0 Å². The van der Waals surface area contributed by atoms with Gasteiger partial charge in [0.05, 0.1) is 0 Å². The topological polar surface area (TPSA) is 20.2 Å². The molecule has 24 heavy (non-hydrogen) atoms. The summed E-state index contributed by atoms with van der Waals surface area (Å²) in [6, 6.07) is 19.4. The lowest BCUT2D eigenvalue weighted by Crippen LogP contribution is -2.31. The summed E-state index contributed by atoms with van der Waals surface area (Å²) in [6.07, 6.45) is 5.36. The van der Waals surface area contributed by atoms with E-state index in [9.17, 15) is 5.11 Å². The van der Waals surface area contributed by atoms with E-state index < -0.39 is 0 Å². The average molecular weight is 312 g/mol. The molecule has 0 aromatic heterocycles. The van der Waals surface area contributed by atoms with Crippen molar-refractivity contribution >= 4 is 10.8 Å². The minimum atomic E-state index is 0.149. The number of phenolic OH excluding ortho intramolecular Hbond substituents is 1. The molecule has 118 valence electrons. The molecule has 2 fully saturated rings. The highest BCUT2D eigenvalue weighted by molar-refractivity contribution is 6.05. The first-order valence-electron chi connectivity index (χ1n) is 9.14. The van der Waals surface area contributed by atoms with E-state index >= 15 is 0 Å². The van der Waals surface area contributed by atoms with E-state index in [1.54, 1.807) is 0 Å². The standard InChI is InChI=1S/C23H20O/c24-21-12-20-22(17-6-2-1-5-16(17)21)18-7-3-4-8-19(18)23(20)13-14-9-10-15(23)11-14/h1-8,12,14-15,24H,9-11,13H2. The molecule has 3 unspecified atom stereocenters. The van der Waals surface area contributed by atoms with Crippen LogP contribution in [-0.4, -0.2) is 5.11 Å². The fourth-order valence-corrected chi connectivity index (χ4v) is 6.22. The highest BCUT2D eigenvalue weighted by atomic mass is 16.3. The van der Waals surface area contributed by atoms with Crippen LogP contribution in [0.1, 0.15) is 36.8 Å². The predicted octanol–water partition coefficient (Wildman–Crippen LogP) is 5.63. The Hall–Kier alpha value is -2.28. The largest absolute Gasteiger partial charge is 0.507 e. The molecule has 0 amide bonds. The number of rotatable bonds is 0. The third kappa shape index (κ3) is 1.34. The van der Waals surface area contributed by atoms with Gasteiger partial charge in [0.15, 0.2) is 0 Å². The van der Waals surface area contributed by atoms with Crippen molar-refractivity contribution in [2.75, 3.05) is 0 Å². The SMILES string of the molecule is Oc1cc2c(c3ccccc13)-c1ccccc1C21CC2CCC1C2. The normalized spacial score (nSPS) is 29.3. The third-order valence-corrected chi connectivity index (χ3v) is 7.03. The van der Waals surface area contributed by atoms with E-state index in [-0.39, 0.29) is 5.41 Å². The smallest absolute Gasteiger partial charge is 0.123 e. The number of fused-ring (bicyclic) bond motifs is 10. The molecular weight excluding hydrogens is 292 g/mol. The summed E-state index contributed by atoms with van der Waals surface area (Å²) in [5, 5.41) is 12.9. The van der Waals surface area contributed by atoms with Crippen LogP contribution in [0.3, 0.4) is 0 Å². The molecule has 3 aliphatic carbocycles. The van der Waals surface area contributed by atoms with E-state index in [2.05, 4.69) is 42.5 Å². The van der Waals surface area contributed by atoms with E-state index in [1.807, 2.05) is 12.1 Å². The summed E-state index contributed by atoms with van der Waals surface area (Å²) in [5.41, 5.74) is 5.84. The molecule has 6 rings (SSSR count). The van der Waals surface area contributed by atoms with E-state index in [1.165, 1.54) is 53.3 Å². The molecule has 0 heterocycles. The Labute approximate surface area is 142 Å². The second kappa shape index (κ2) is 4.22. The summed E-state index contributed by atoms with van der Waals surface area (Å²) in [7, 11) is 0. The molecular formula is C23H20O. The molecule has 1 nitrogen and oxygen atoms in total. The van der Waals surface area contributed by atoms with Gasteiger partial charge in [-0.2, -0.15) is 0 Å². The molecule has 1 spiro atoms. The first-order valence-corrected chi connectivity index (χ1v) is 9.14. The zero-order valence-electron chi connectivity index (χ0n) is 13.6. The lowest BCUT2D eigenvalue weighted by atomic mass is 9.66. The Morgan fingerprint density at radius 1 is 0.875 bits per heavy atom. The van der Waals surface area contributed by atoms with Gasteiger partial charge in [0.2, 0.25) is 0 Å². The van der Waals surface area contributed by atoms with Gasteiger partial charge < -0.3 is 5.11 Å². The van der Waals surface area contributed by atoms with Crippen LogP contribution in [0.5, 0.6) is 5.75 Å². The van der Waals surface area contributed by atoms with Gasteiger partial charge in [-0.3, -0.25) is 0 Å². The Morgan fingerprint density at radius 2 is 1.67 bits per heavy atom. The lowest BCUT2D eigenvalue weighted by Gasteiger charge is -2.36. The zero-order valence-corrected chi connectivity index (χ0v) is 13.6. The maximum atomic E-state index is 10.7. The van der Waals surface area contributed by atoms with Crippen LogP contribution in [0.25, 0.3) is 21.9 Å². The molecule has 3 aliphatic rings. The van der Waals surface area contributed by atoms with Gasteiger partial charge in [0.25, 0.3) is 0 Å². The Bertz CT molecular complexity index is 1000. The highest BCUT2D eigenvalue weighted by Gasteiger charge is 2.57. The van der Waals surface area contributed by atoms with Crippen molar-refractivity contribution < 1.29 is 5.11 Å². The third-order valence-electron chi connectivity index (χ3n) is 7.03. The van der Waals surface area contributed by atoms with Crippen molar-refractivity contribution in [3.63, 3.8) is 0 Å². The first-order chi connectivity index (χ1) is 11.8. The van der Waals surface area contributed by atoms with Gasteiger partial charge in [0, 0.05) is 10.8 Å². The van der Waals surface area contributed by atoms with Crippen LogP contribution in [0, 0.1) is 11.8 Å². The molecule has 3 aromatic rings. The van der Waals surface area contributed by atoms with Crippen molar-refractivity contribution in [1.29, 1.82) is 0 Å². The lowest BCUT2D eigenvalue weighted by molar-refractivity contribution is 0.326. The molecule has 2 saturated carbocycles. The number of aromatic hydroxyl groups is 1. The molecule has 0 radical (unpaired) electrons. The summed E-state index contributed by atoms with van der Waals surface area (Å²) in [4.78, 5) is 0. The van der Waals surface area contributed by atoms with Crippen molar-refractivity contribution in [3.05, 3.63) is 65.7 Å². The second-order valence-corrected chi connectivity index (χ2v) is 7.96. The Morgan fingerprint density at radius 3 is 2.46 bits per heavy atom. The van der Waals surface area contributed by atoms with Crippen molar-refractivity contribution in [2.45, 2.75) is 31.1 Å². The number of benzene rings is 3. The van der Waals surface area contributed by atoms with Gasteiger partial charge in [0.1, 0.15) is 5.75 Å². The summed E-state index contributed by atoms with van der Waals surface area (Å²) >= 11 is 0. The molecule has 0 aliphatic heterocycles. The minimum Gasteiger partial charge on any atom is -0.507 e. The fourth-order valence-electron chi connectivity index (χ4n) is 6.22. The Kier molecular flexibility index (Phi) is 2.29. The highest BCUT2D eigenvalue weighted by Crippen LogP contribution is 2.66. The molecule has 3 atom stereocenters. The van der Waals surface area contributed by atoms with Crippen LogP contribution < -0.4 is 0 Å². The van der Waals surface area contributed by atoms with Gasteiger partial charge in [-0.15, -0.1) is 0 Å². The number of hydrogen-bond acceptors (Lipinski definition) is 1. The van der Waals surface area contributed by atoms with Crippen LogP contribution in [0.15, 0.2) is 54.6 Å². The van der Waals surface area contributed by atoms with Gasteiger partial charge in [-0.1, -0.05) is 55.0 Å². The van der Waals surface area contributed by atoms with Crippen LogP contribution >= 0.6 is 0 Å². The minimum absolute atomic E-state index is 0.149. The van der Waals surface area contributed by atoms with Crippen molar-refractivity contribution in [1.82, 2.24) is 0 Å². The maximum Gasteiger partial charge on any atom is 0.123 e. The second-order valence-electron chi connectivity index (χ2n) is 7.96. The molecule has 0 saturated heterocycles. The predicted molar refractivity (Wildman–Crippen MR) is 97.3 cm³/mol. The molecule has 3 aromatic carbocycles. The molecule has 2 bridgehead atoms. The van der Waals surface area contributed by atoms with Crippen molar-refractivity contribution in [3.8, 4) is 16.9 Å². The van der Waals surface area contributed by atoms with Gasteiger partial charge in [-0.05, 0) is 64.8 Å². The summed E-state index contributed by atoms with van der Waals surface area (Å²) < 4.78 is 0. The summed E-state index contributed by atoms with van der Waals surface area (Å²) in [6.45, 7) is 0. The summed E-state index contributed by atoms with van der Waals surface area (Å²) in [5.74, 6) is 2.05. The average Bonchev–Trinajstić information content (AvgIpc) is 3.30. The van der Waals surface area contributed by atoms with Gasteiger partial charge in [-0.25, -0.2) is 0 Å².